The highest BCUT2D eigenvalue weighted by Crippen LogP contribution is 2.33. The number of aromatic nitrogens is 2. The van der Waals surface area contributed by atoms with E-state index in [-0.39, 0.29) is 21.9 Å². The van der Waals surface area contributed by atoms with Crippen molar-refractivity contribution in [3.63, 3.8) is 0 Å². The van der Waals surface area contributed by atoms with E-state index in [4.69, 9.17) is 4.18 Å². The van der Waals surface area contributed by atoms with Crippen LogP contribution in [0, 0.1) is 6.92 Å². The maximum Gasteiger partial charge on any atom is 0.307 e. The quantitative estimate of drug-likeness (QED) is 0.501. The molecule has 8 nitrogen and oxygen atoms in total. The van der Waals surface area contributed by atoms with Crippen molar-refractivity contribution < 1.29 is 25.8 Å². The van der Waals surface area contributed by atoms with E-state index in [9.17, 15) is 21.6 Å². The van der Waals surface area contributed by atoms with Crippen LogP contribution in [0.25, 0.3) is 5.57 Å². The Balaban J connectivity index is 2.77. The number of carbonyl (C=O) groups is 1. The fourth-order valence-electron chi connectivity index (χ4n) is 2.93. The van der Waals surface area contributed by atoms with Crippen LogP contribution in [0.2, 0.25) is 0 Å². The number of carbonyl (C=O) groups excluding carboxylic acids is 1. The minimum Gasteiger partial charge on any atom is -0.361 e. The van der Waals surface area contributed by atoms with Gasteiger partial charge in [0.2, 0.25) is 5.88 Å². The second-order valence-corrected chi connectivity index (χ2v) is 10.7. The van der Waals surface area contributed by atoms with E-state index >= 15 is 0 Å². The Morgan fingerprint density at radius 1 is 1.03 bits per heavy atom. The van der Waals surface area contributed by atoms with E-state index < -0.39 is 25.7 Å². The number of allylic oxidation sites excluding steroid dienone is 2. The van der Waals surface area contributed by atoms with Gasteiger partial charge in [0.05, 0.1) is 17.3 Å². The van der Waals surface area contributed by atoms with Gasteiger partial charge < -0.3 is 4.18 Å². The molecule has 0 aliphatic rings. The predicted molar refractivity (Wildman–Crippen MR) is 110 cm³/mol. The van der Waals surface area contributed by atoms with E-state index in [1.54, 1.807) is 13.8 Å². The Hall–Kier alpha value is -2.46. The average Bonchev–Trinajstić information content (AvgIpc) is 2.91. The molecule has 1 heterocycles. The first kappa shape index (κ1) is 22.8. The van der Waals surface area contributed by atoms with Gasteiger partial charge in [0.25, 0.3) is 0 Å². The zero-order valence-electron chi connectivity index (χ0n) is 17.4. The minimum atomic E-state index is -3.88. The molecule has 0 aliphatic heterocycles. The second-order valence-electron chi connectivity index (χ2n) is 7.11. The zero-order valence-corrected chi connectivity index (χ0v) is 19.0. The molecule has 2 aromatic rings. The molecule has 0 spiro atoms. The number of rotatable bonds is 6. The highest BCUT2D eigenvalue weighted by atomic mass is 32.2. The standard InChI is InChI=1S/C19H24N2O6S2/c1-11(2)12(3)17-13(4)14(8-9-16(17)28(6,23)24)18(22)15-10-20-21(5)19(15)27-29(7,25)26/h8-10H,1-7H3. The zero-order chi connectivity index (χ0) is 22.3. The molecular weight excluding hydrogens is 416 g/mol. The smallest absolute Gasteiger partial charge is 0.307 e. The summed E-state index contributed by atoms with van der Waals surface area (Å²) < 4.78 is 53.8. The Morgan fingerprint density at radius 2 is 1.62 bits per heavy atom. The van der Waals surface area contributed by atoms with E-state index in [0.29, 0.717) is 11.1 Å². The van der Waals surface area contributed by atoms with Crippen LogP contribution in [0.4, 0.5) is 0 Å². The lowest BCUT2D eigenvalue weighted by Gasteiger charge is -2.17. The SMILES string of the molecule is CC(C)=C(C)c1c(S(C)(=O)=O)ccc(C(=O)c2cnn(C)c2OS(C)(=O)=O)c1C. The van der Waals surface area contributed by atoms with Crippen LogP contribution in [0.15, 0.2) is 28.8 Å². The molecule has 158 valence electrons. The number of hydrogen-bond acceptors (Lipinski definition) is 7. The number of aryl methyl sites for hydroxylation is 1. The molecule has 1 aromatic heterocycles. The molecule has 0 N–H and O–H groups in total. The Morgan fingerprint density at radius 3 is 2.10 bits per heavy atom. The van der Waals surface area contributed by atoms with E-state index in [2.05, 4.69) is 5.10 Å². The van der Waals surface area contributed by atoms with Crippen LogP contribution >= 0.6 is 0 Å². The van der Waals surface area contributed by atoms with Gasteiger partial charge >= 0.3 is 10.1 Å². The summed E-state index contributed by atoms with van der Waals surface area (Å²) in [6.07, 6.45) is 3.21. The first-order valence-corrected chi connectivity index (χ1v) is 12.3. The van der Waals surface area contributed by atoms with Crippen molar-refractivity contribution in [2.45, 2.75) is 32.6 Å². The van der Waals surface area contributed by atoms with Crippen molar-refractivity contribution in [3.8, 4) is 5.88 Å². The number of benzene rings is 1. The number of hydrogen-bond donors (Lipinski definition) is 0. The van der Waals surface area contributed by atoms with E-state index in [1.165, 1.54) is 25.4 Å². The van der Waals surface area contributed by atoms with Gasteiger partial charge in [-0.2, -0.15) is 13.5 Å². The highest BCUT2D eigenvalue weighted by Gasteiger charge is 2.26. The molecule has 0 radical (unpaired) electrons. The summed E-state index contributed by atoms with van der Waals surface area (Å²) in [5.74, 6) is -0.721. The second kappa shape index (κ2) is 7.75. The van der Waals surface area contributed by atoms with Crippen molar-refractivity contribution in [1.82, 2.24) is 9.78 Å². The maximum atomic E-state index is 13.2. The van der Waals surface area contributed by atoms with Gasteiger partial charge in [-0.15, -0.1) is 0 Å². The summed E-state index contributed by atoms with van der Waals surface area (Å²) in [5.41, 5.74) is 2.80. The lowest BCUT2D eigenvalue weighted by molar-refractivity contribution is 0.103. The molecule has 10 heteroatoms. The van der Waals surface area contributed by atoms with Gasteiger partial charge in [0.15, 0.2) is 15.6 Å². The Labute approximate surface area is 171 Å². The summed E-state index contributed by atoms with van der Waals surface area (Å²) in [7, 11) is -5.96. The fraction of sp³-hybridized carbons (Fsp3) is 0.368. The summed E-state index contributed by atoms with van der Waals surface area (Å²) in [5, 5.41) is 3.92. The van der Waals surface area contributed by atoms with Crippen molar-refractivity contribution in [2.24, 2.45) is 7.05 Å². The van der Waals surface area contributed by atoms with Gasteiger partial charge in [-0.1, -0.05) is 5.57 Å². The highest BCUT2D eigenvalue weighted by molar-refractivity contribution is 7.90. The predicted octanol–water partition coefficient (Wildman–Crippen LogP) is 2.51. The topological polar surface area (TPSA) is 112 Å². The Kier molecular flexibility index (Phi) is 6.10. The van der Waals surface area contributed by atoms with Gasteiger partial charge in [-0.3, -0.25) is 4.79 Å². The van der Waals surface area contributed by atoms with Gasteiger partial charge in [0, 0.05) is 18.9 Å². The van der Waals surface area contributed by atoms with Gasteiger partial charge in [-0.25, -0.2) is 13.1 Å². The van der Waals surface area contributed by atoms with E-state index in [0.717, 1.165) is 28.3 Å². The number of sulfone groups is 1. The van der Waals surface area contributed by atoms with Crippen LogP contribution in [-0.2, 0) is 27.0 Å². The molecule has 0 bridgehead atoms. The van der Waals surface area contributed by atoms with Crippen molar-refractivity contribution in [3.05, 3.63) is 46.2 Å². The molecule has 0 atom stereocenters. The van der Waals surface area contributed by atoms with Crippen LogP contribution in [0.1, 0.15) is 47.8 Å². The summed E-state index contributed by atoms with van der Waals surface area (Å²) in [6.45, 7) is 7.17. The third kappa shape index (κ3) is 4.76. The molecule has 0 fully saturated rings. The van der Waals surface area contributed by atoms with Crippen LogP contribution < -0.4 is 4.18 Å². The lowest BCUT2D eigenvalue weighted by Crippen LogP contribution is -2.14. The summed E-state index contributed by atoms with van der Waals surface area (Å²) >= 11 is 0. The lowest BCUT2D eigenvalue weighted by atomic mass is 9.91. The van der Waals surface area contributed by atoms with E-state index in [1.807, 2.05) is 13.8 Å². The minimum absolute atomic E-state index is 0.0334. The maximum absolute atomic E-state index is 13.2. The summed E-state index contributed by atoms with van der Waals surface area (Å²) in [4.78, 5) is 13.3. The van der Waals surface area contributed by atoms with Crippen LogP contribution in [0.3, 0.4) is 0 Å². The van der Waals surface area contributed by atoms with Crippen molar-refractivity contribution in [2.75, 3.05) is 12.5 Å². The molecule has 0 saturated heterocycles. The first-order valence-electron chi connectivity index (χ1n) is 8.59. The molecule has 0 amide bonds. The number of ketones is 1. The first-order chi connectivity index (χ1) is 13.1. The third-order valence-electron chi connectivity index (χ3n) is 4.56. The molecule has 0 unspecified atom stereocenters. The van der Waals surface area contributed by atoms with Crippen molar-refractivity contribution in [1.29, 1.82) is 0 Å². The van der Waals surface area contributed by atoms with Crippen LogP contribution in [-0.4, -0.2) is 44.9 Å². The summed E-state index contributed by atoms with van der Waals surface area (Å²) in [6, 6.07) is 2.82. The van der Waals surface area contributed by atoms with Gasteiger partial charge in [0.1, 0.15) is 5.56 Å². The van der Waals surface area contributed by atoms with Crippen LogP contribution in [0.5, 0.6) is 5.88 Å². The molecule has 1 aromatic carbocycles. The fourth-order valence-corrected chi connectivity index (χ4v) is 4.40. The molecular formula is C19H24N2O6S2. The largest absolute Gasteiger partial charge is 0.361 e. The molecule has 29 heavy (non-hydrogen) atoms. The monoisotopic (exact) mass is 440 g/mol. The molecule has 0 saturated carbocycles. The Bertz CT molecular complexity index is 1230. The molecule has 0 aliphatic carbocycles. The van der Waals surface area contributed by atoms with Gasteiger partial charge in [-0.05, 0) is 56.5 Å². The van der Waals surface area contributed by atoms with Crippen molar-refractivity contribution >= 4 is 31.3 Å². The average molecular weight is 441 g/mol. The molecule has 2 rings (SSSR count). The number of nitrogens with zero attached hydrogens (tertiary/aromatic N) is 2. The third-order valence-corrected chi connectivity index (χ3v) is 6.15. The normalized spacial score (nSPS) is 12.0.